The molecule has 2 aromatic heterocycles. The van der Waals surface area contributed by atoms with E-state index in [1.54, 1.807) is 18.4 Å². The van der Waals surface area contributed by atoms with E-state index in [0.717, 1.165) is 52.9 Å². The molecule has 0 unspecified atom stereocenters. The second-order valence-electron chi connectivity index (χ2n) is 10.0. The summed E-state index contributed by atoms with van der Waals surface area (Å²) in [7, 11) is 1.79. The summed E-state index contributed by atoms with van der Waals surface area (Å²) in [5.74, 6) is 1.10. The van der Waals surface area contributed by atoms with Crippen molar-refractivity contribution in [1.82, 2.24) is 4.98 Å². The molecule has 35 heavy (non-hydrogen) atoms. The van der Waals surface area contributed by atoms with E-state index in [1.807, 2.05) is 37.3 Å². The molecule has 5 rings (SSSR count). The third-order valence-corrected chi connectivity index (χ3v) is 8.93. The second-order valence-corrected chi connectivity index (χ2v) is 11.1. The van der Waals surface area contributed by atoms with Crippen molar-refractivity contribution in [3.63, 3.8) is 0 Å². The number of aromatic nitrogens is 1. The van der Waals surface area contributed by atoms with Crippen LogP contribution in [0.5, 0.6) is 5.75 Å². The summed E-state index contributed by atoms with van der Waals surface area (Å²) in [6.07, 6.45) is 2.52. The summed E-state index contributed by atoms with van der Waals surface area (Å²) in [5.41, 5.74) is 4.02. The Kier molecular flexibility index (Phi) is 6.57. The summed E-state index contributed by atoms with van der Waals surface area (Å²) >= 11 is 1.68. The maximum absolute atomic E-state index is 10.4. The largest absolute Gasteiger partial charge is 0.493 e. The van der Waals surface area contributed by atoms with E-state index in [-0.39, 0.29) is 5.60 Å². The van der Waals surface area contributed by atoms with Crippen molar-refractivity contribution in [2.24, 2.45) is 5.92 Å². The van der Waals surface area contributed by atoms with Crippen LogP contribution < -0.4 is 4.74 Å². The van der Waals surface area contributed by atoms with E-state index >= 15 is 0 Å². The Morgan fingerprint density at radius 1 is 1.11 bits per heavy atom. The Balaban J connectivity index is 1.52. The summed E-state index contributed by atoms with van der Waals surface area (Å²) in [5, 5.41) is 22.6. The molecule has 0 spiro atoms. The summed E-state index contributed by atoms with van der Waals surface area (Å²) < 4.78 is 13.2. The Morgan fingerprint density at radius 3 is 2.54 bits per heavy atom. The van der Waals surface area contributed by atoms with Crippen LogP contribution in [0.1, 0.15) is 55.6 Å². The number of thiophene rings is 1. The van der Waals surface area contributed by atoms with Gasteiger partial charge in [0.1, 0.15) is 5.75 Å². The zero-order chi connectivity index (χ0) is 24.7. The molecule has 2 aromatic carbocycles. The van der Waals surface area contributed by atoms with Gasteiger partial charge in [-0.3, -0.25) is 0 Å². The molecule has 6 heteroatoms. The number of aliphatic hydroxyl groups is 2. The molecule has 4 aromatic rings. The van der Waals surface area contributed by atoms with Crippen molar-refractivity contribution in [3.8, 4) is 16.3 Å². The Morgan fingerprint density at radius 2 is 1.86 bits per heavy atom. The van der Waals surface area contributed by atoms with Crippen LogP contribution in [0.2, 0.25) is 0 Å². The summed E-state index contributed by atoms with van der Waals surface area (Å²) in [6, 6.07) is 14.0. The number of nitrogens with zero attached hydrogens (tertiary/aromatic N) is 1. The zero-order valence-electron chi connectivity index (χ0n) is 20.8. The van der Waals surface area contributed by atoms with Crippen LogP contribution in [0, 0.1) is 19.8 Å². The molecular weight excluding hydrogens is 458 g/mol. The number of aryl methyl sites for hydroxylation is 2. The van der Waals surface area contributed by atoms with Crippen LogP contribution >= 0.6 is 11.3 Å². The summed E-state index contributed by atoms with van der Waals surface area (Å²) in [4.78, 5) is 6.07. The number of aliphatic hydroxyl groups excluding tert-OH is 1. The van der Waals surface area contributed by atoms with Crippen LogP contribution in [0.25, 0.3) is 31.6 Å². The molecule has 0 atom stereocenters. The first kappa shape index (κ1) is 24.2. The molecule has 2 heterocycles. The highest BCUT2D eigenvalue weighted by Crippen LogP contribution is 2.41. The van der Waals surface area contributed by atoms with E-state index < -0.39 is 6.29 Å². The molecular formula is C29H33NO4S. The maximum Gasteiger partial charge on any atom is 0.179 e. The summed E-state index contributed by atoms with van der Waals surface area (Å²) in [6.45, 7) is 6.87. The zero-order valence-corrected chi connectivity index (χ0v) is 21.6. The molecule has 0 amide bonds. The van der Waals surface area contributed by atoms with E-state index in [0.29, 0.717) is 29.2 Å². The fourth-order valence-electron chi connectivity index (χ4n) is 5.20. The number of pyridine rings is 1. The lowest BCUT2D eigenvalue weighted by atomic mass is 9.80. The lowest BCUT2D eigenvalue weighted by Gasteiger charge is -2.36. The van der Waals surface area contributed by atoms with E-state index in [2.05, 4.69) is 26.0 Å². The van der Waals surface area contributed by atoms with Crippen molar-refractivity contribution >= 4 is 32.3 Å². The van der Waals surface area contributed by atoms with Crippen molar-refractivity contribution < 1.29 is 19.7 Å². The molecule has 0 bridgehead atoms. The van der Waals surface area contributed by atoms with Gasteiger partial charge in [0, 0.05) is 17.4 Å². The molecule has 1 aliphatic rings. The number of benzene rings is 2. The quantitative estimate of drug-likeness (QED) is 0.294. The first-order valence-corrected chi connectivity index (χ1v) is 13.1. The Labute approximate surface area is 210 Å². The van der Waals surface area contributed by atoms with Crippen LogP contribution in [0.4, 0.5) is 0 Å². The van der Waals surface area contributed by atoms with E-state index in [9.17, 15) is 10.2 Å². The minimum absolute atomic E-state index is 0.0354. The van der Waals surface area contributed by atoms with Gasteiger partial charge in [-0.15, -0.1) is 11.3 Å². The van der Waals surface area contributed by atoms with Gasteiger partial charge < -0.3 is 19.7 Å². The minimum atomic E-state index is -1.63. The standard InChI is InChI=1S/C29H33NO4S/c1-17-9-10-23(34-16-19-11-13-29(3,33-4)14-12-19)25-21(28(31)32)15-22(30-26(17)25)27-18(2)20-7-5-6-8-24(20)35-27/h5-10,15,19,28,31-32H,11-14,16H2,1-4H3. The molecule has 1 saturated carbocycles. The average Bonchev–Trinajstić information content (AvgIpc) is 3.20. The first-order valence-electron chi connectivity index (χ1n) is 12.3. The van der Waals surface area contributed by atoms with E-state index in [4.69, 9.17) is 14.5 Å². The maximum atomic E-state index is 10.4. The highest BCUT2D eigenvalue weighted by Gasteiger charge is 2.31. The average molecular weight is 492 g/mol. The van der Waals surface area contributed by atoms with Gasteiger partial charge in [-0.2, -0.15) is 0 Å². The number of ether oxygens (including phenoxy) is 2. The van der Waals surface area contributed by atoms with Gasteiger partial charge in [-0.1, -0.05) is 24.3 Å². The second kappa shape index (κ2) is 9.51. The van der Waals surface area contributed by atoms with Gasteiger partial charge in [0.25, 0.3) is 0 Å². The predicted octanol–water partition coefficient (Wildman–Crippen LogP) is 6.69. The number of methoxy groups -OCH3 is 1. The Bertz CT molecular complexity index is 1370. The third-order valence-electron chi connectivity index (χ3n) is 7.64. The first-order chi connectivity index (χ1) is 16.8. The normalized spacial score (nSPS) is 20.7. The van der Waals surface area contributed by atoms with Crippen LogP contribution in [-0.2, 0) is 4.74 Å². The number of hydrogen-bond acceptors (Lipinski definition) is 6. The molecule has 5 nitrogen and oxygen atoms in total. The van der Waals surface area contributed by atoms with Gasteiger partial charge >= 0.3 is 0 Å². The predicted molar refractivity (Wildman–Crippen MR) is 142 cm³/mol. The van der Waals surface area contributed by atoms with Gasteiger partial charge in [0.2, 0.25) is 0 Å². The van der Waals surface area contributed by atoms with Crippen LogP contribution in [-0.4, -0.2) is 34.5 Å². The van der Waals surface area contributed by atoms with Gasteiger partial charge in [0.15, 0.2) is 6.29 Å². The fraction of sp³-hybridized carbons (Fsp3) is 0.414. The molecule has 184 valence electrons. The lowest BCUT2D eigenvalue weighted by molar-refractivity contribution is -0.0417. The van der Waals surface area contributed by atoms with Crippen LogP contribution in [0.15, 0.2) is 42.5 Å². The molecule has 2 N–H and O–H groups in total. The monoisotopic (exact) mass is 491 g/mol. The minimum Gasteiger partial charge on any atom is -0.493 e. The van der Waals surface area contributed by atoms with Crippen molar-refractivity contribution in [2.75, 3.05) is 13.7 Å². The van der Waals surface area contributed by atoms with Crippen molar-refractivity contribution in [2.45, 2.75) is 58.3 Å². The highest BCUT2D eigenvalue weighted by atomic mass is 32.1. The van der Waals surface area contributed by atoms with Crippen LogP contribution in [0.3, 0.4) is 0 Å². The Hall–Kier alpha value is -2.51. The third kappa shape index (κ3) is 4.56. The number of hydrogen-bond donors (Lipinski definition) is 2. The molecule has 1 aliphatic carbocycles. The van der Waals surface area contributed by atoms with Gasteiger partial charge in [0.05, 0.1) is 33.7 Å². The molecule has 0 radical (unpaired) electrons. The lowest BCUT2D eigenvalue weighted by Crippen LogP contribution is -2.34. The molecule has 1 fully saturated rings. The smallest absolute Gasteiger partial charge is 0.179 e. The highest BCUT2D eigenvalue weighted by molar-refractivity contribution is 7.22. The van der Waals surface area contributed by atoms with Gasteiger partial charge in [-0.25, -0.2) is 4.98 Å². The van der Waals surface area contributed by atoms with Gasteiger partial charge in [-0.05, 0) is 87.1 Å². The molecule has 0 aliphatic heterocycles. The number of fused-ring (bicyclic) bond motifs is 2. The topological polar surface area (TPSA) is 71.8 Å². The SMILES string of the molecule is COC1(C)CCC(COc2ccc(C)c3nc(-c4sc5ccccc5c4C)cc(C(O)O)c23)CC1. The molecule has 0 saturated heterocycles. The fourth-order valence-corrected chi connectivity index (χ4v) is 6.37. The van der Waals surface area contributed by atoms with Crippen molar-refractivity contribution in [1.29, 1.82) is 0 Å². The number of rotatable bonds is 6. The van der Waals surface area contributed by atoms with E-state index in [1.165, 1.54) is 10.1 Å². The van der Waals surface area contributed by atoms with Crippen molar-refractivity contribution in [3.05, 3.63) is 59.2 Å².